The van der Waals surface area contributed by atoms with Crippen LogP contribution in [0.4, 0.5) is 5.69 Å². The number of hydrogen-bond acceptors (Lipinski definition) is 5. The van der Waals surface area contributed by atoms with Crippen LogP contribution in [0.1, 0.15) is 38.1 Å². The zero-order chi connectivity index (χ0) is 14.4. The maximum Gasteiger partial charge on any atom is 0.246 e. The van der Waals surface area contributed by atoms with E-state index in [1.807, 2.05) is 38.1 Å². The van der Waals surface area contributed by atoms with Gasteiger partial charge >= 0.3 is 0 Å². The first-order valence-corrected chi connectivity index (χ1v) is 7.04. The Kier molecular flexibility index (Phi) is 5.38. The van der Waals surface area contributed by atoms with Crippen LogP contribution in [-0.2, 0) is 11.3 Å². The third-order valence-corrected chi connectivity index (χ3v) is 3.05. The summed E-state index contributed by atoms with van der Waals surface area (Å²) in [4.78, 5) is 4.34. The van der Waals surface area contributed by atoms with Crippen LogP contribution >= 0.6 is 11.6 Å². The SMILES string of the molecule is CCOC(CC)c1noc(CNc2ccc(Cl)cc2)n1. The van der Waals surface area contributed by atoms with Crippen molar-refractivity contribution in [2.45, 2.75) is 32.9 Å². The molecule has 1 atom stereocenters. The standard InChI is InChI=1S/C14H18ClN3O2/c1-3-12(19-4-2)14-17-13(20-18-14)9-16-11-7-5-10(15)6-8-11/h5-8,12,16H,3-4,9H2,1-2H3. The fourth-order valence-electron chi connectivity index (χ4n) is 1.79. The van der Waals surface area contributed by atoms with E-state index in [4.69, 9.17) is 20.9 Å². The first kappa shape index (κ1) is 14.8. The number of nitrogens with one attached hydrogen (secondary N) is 1. The van der Waals surface area contributed by atoms with Crippen molar-refractivity contribution in [3.05, 3.63) is 41.0 Å². The van der Waals surface area contributed by atoms with E-state index < -0.39 is 0 Å². The van der Waals surface area contributed by atoms with Crippen molar-refractivity contribution in [3.63, 3.8) is 0 Å². The summed E-state index contributed by atoms with van der Waals surface area (Å²) in [5.74, 6) is 1.13. The highest BCUT2D eigenvalue weighted by Crippen LogP contribution is 2.18. The van der Waals surface area contributed by atoms with Gasteiger partial charge in [-0.2, -0.15) is 4.98 Å². The predicted molar refractivity (Wildman–Crippen MR) is 77.7 cm³/mol. The van der Waals surface area contributed by atoms with Crippen molar-refractivity contribution in [2.24, 2.45) is 0 Å². The molecule has 1 unspecified atom stereocenters. The van der Waals surface area contributed by atoms with Gasteiger partial charge in [0.05, 0.1) is 6.54 Å². The fourth-order valence-corrected chi connectivity index (χ4v) is 1.92. The second kappa shape index (κ2) is 7.26. The molecular weight excluding hydrogens is 278 g/mol. The van der Waals surface area contributed by atoms with Gasteiger partial charge in [0.25, 0.3) is 0 Å². The lowest BCUT2D eigenvalue weighted by molar-refractivity contribution is 0.0518. The number of ether oxygens (including phenoxy) is 1. The van der Waals surface area contributed by atoms with Gasteiger partial charge in [-0.3, -0.25) is 0 Å². The molecule has 0 saturated carbocycles. The Morgan fingerprint density at radius 1 is 1.30 bits per heavy atom. The lowest BCUT2D eigenvalue weighted by Crippen LogP contribution is -2.05. The van der Waals surface area contributed by atoms with Crippen LogP contribution in [0.15, 0.2) is 28.8 Å². The molecule has 0 fully saturated rings. The Morgan fingerprint density at radius 2 is 2.05 bits per heavy atom. The molecule has 0 spiro atoms. The molecule has 1 aromatic heterocycles. The lowest BCUT2D eigenvalue weighted by atomic mass is 10.2. The average Bonchev–Trinajstić information content (AvgIpc) is 2.93. The first-order valence-electron chi connectivity index (χ1n) is 6.66. The van der Waals surface area contributed by atoms with E-state index in [0.717, 1.165) is 12.1 Å². The maximum atomic E-state index is 5.83. The third-order valence-electron chi connectivity index (χ3n) is 2.80. The molecule has 2 aromatic rings. The summed E-state index contributed by atoms with van der Waals surface area (Å²) in [7, 11) is 0. The maximum absolute atomic E-state index is 5.83. The van der Waals surface area contributed by atoms with E-state index in [1.54, 1.807) is 0 Å². The number of hydrogen-bond donors (Lipinski definition) is 1. The largest absolute Gasteiger partial charge is 0.376 e. The fraction of sp³-hybridized carbons (Fsp3) is 0.429. The number of nitrogens with zero attached hydrogens (tertiary/aromatic N) is 2. The Bertz CT molecular complexity index is 527. The van der Waals surface area contributed by atoms with Crippen molar-refractivity contribution in [1.29, 1.82) is 0 Å². The smallest absolute Gasteiger partial charge is 0.246 e. The molecular formula is C14H18ClN3O2. The molecule has 6 heteroatoms. The highest BCUT2D eigenvalue weighted by molar-refractivity contribution is 6.30. The van der Waals surface area contributed by atoms with Crippen LogP contribution in [0.5, 0.6) is 0 Å². The number of aromatic nitrogens is 2. The van der Waals surface area contributed by atoms with Crippen molar-refractivity contribution < 1.29 is 9.26 Å². The zero-order valence-corrected chi connectivity index (χ0v) is 12.4. The Labute approximate surface area is 123 Å². The van der Waals surface area contributed by atoms with Crippen LogP contribution in [0.3, 0.4) is 0 Å². The molecule has 0 bridgehead atoms. The Morgan fingerprint density at radius 3 is 2.70 bits per heavy atom. The summed E-state index contributed by atoms with van der Waals surface area (Å²) in [5.41, 5.74) is 0.950. The number of anilines is 1. The van der Waals surface area contributed by atoms with E-state index in [0.29, 0.717) is 29.9 Å². The molecule has 0 aliphatic heterocycles. The number of benzene rings is 1. The van der Waals surface area contributed by atoms with Gasteiger partial charge in [-0.05, 0) is 37.6 Å². The van der Waals surface area contributed by atoms with Gasteiger partial charge in [0, 0.05) is 17.3 Å². The average molecular weight is 296 g/mol. The lowest BCUT2D eigenvalue weighted by Gasteiger charge is -2.09. The summed E-state index contributed by atoms with van der Waals surface area (Å²) in [5, 5.41) is 7.86. The van der Waals surface area contributed by atoms with Gasteiger partial charge in [-0.1, -0.05) is 23.7 Å². The molecule has 1 N–H and O–H groups in total. The normalized spacial score (nSPS) is 12.3. The van der Waals surface area contributed by atoms with Gasteiger partial charge < -0.3 is 14.6 Å². The molecule has 1 heterocycles. The van der Waals surface area contributed by atoms with Gasteiger partial charge in [0.15, 0.2) is 0 Å². The second-order valence-corrected chi connectivity index (χ2v) is 4.70. The molecule has 108 valence electrons. The summed E-state index contributed by atoms with van der Waals surface area (Å²) in [6, 6.07) is 7.44. The summed E-state index contributed by atoms with van der Waals surface area (Å²) in [6.07, 6.45) is 0.713. The molecule has 0 aliphatic carbocycles. The van der Waals surface area contributed by atoms with E-state index in [-0.39, 0.29) is 6.10 Å². The number of halogens is 1. The highest BCUT2D eigenvalue weighted by atomic mass is 35.5. The monoisotopic (exact) mass is 295 g/mol. The summed E-state index contributed by atoms with van der Waals surface area (Å²) in [6.45, 7) is 5.08. The quantitative estimate of drug-likeness (QED) is 0.841. The van der Waals surface area contributed by atoms with Crippen LogP contribution < -0.4 is 5.32 Å². The minimum Gasteiger partial charge on any atom is -0.376 e. The predicted octanol–water partition coefficient (Wildman–Crippen LogP) is 3.82. The third kappa shape index (κ3) is 3.95. The highest BCUT2D eigenvalue weighted by Gasteiger charge is 2.16. The minimum absolute atomic E-state index is 0.104. The molecule has 0 amide bonds. The van der Waals surface area contributed by atoms with Gasteiger partial charge in [0.1, 0.15) is 6.10 Å². The molecule has 2 rings (SSSR count). The van der Waals surface area contributed by atoms with E-state index in [1.165, 1.54) is 0 Å². The molecule has 0 aliphatic rings. The molecule has 1 aromatic carbocycles. The van der Waals surface area contributed by atoms with Gasteiger partial charge in [0.2, 0.25) is 11.7 Å². The van der Waals surface area contributed by atoms with Crippen LogP contribution in [0.2, 0.25) is 5.02 Å². The van der Waals surface area contributed by atoms with Crippen molar-refractivity contribution in [2.75, 3.05) is 11.9 Å². The molecule has 20 heavy (non-hydrogen) atoms. The van der Waals surface area contributed by atoms with Crippen LogP contribution in [0, 0.1) is 0 Å². The number of rotatable bonds is 7. The first-order chi connectivity index (χ1) is 9.72. The second-order valence-electron chi connectivity index (χ2n) is 4.26. The molecule has 5 nitrogen and oxygen atoms in total. The molecule has 0 saturated heterocycles. The van der Waals surface area contributed by atoms with Crippen LogP contribution in [0.25, 0.3) is 0 Å². The Hall–Kier alpha value is -1.59. The van der Waals surface area contributed by atoms with Crippen molar-refractivity contribution >= 4 is 17.3 Å². The summed E-state index contributed by atoms with van der Waals surface area (Å²) < 4.78 is 10.8. The van der Waals surface area contributed by atoms with Crippen molar-refractivity contribution in [3.8, 4) is 0 Å². The van der Waals surface area contributed by atoms with E-state index >= 15 is 0 Å². The van der Waals surface area contributed by atoms with Gasteiger partial charge in [-0.25, -0.2) is 0 Å². The van der Waals surface area contributed by atoms with E-state index in [2.05, 4.69) is 15.5 Å². The molecule has 0 radical (unpaired) electrons. The van der Waals surface area contributed by atoms with Crippen LogP contribution in [-0.4, -0.2) is 16.7 Å². The zero-order valence-electron chi connectivity index (χ0n) is 11.6. The topological polar surface area (TPSA) is 60.2 Å². The summed E-state index contributed by atoms with van der Waals surface area (Å²) >= 11 is 5.83. The Balaban J connectivity index is 1.93. The van der Waals surface area contributed by atoms with Crippen molar-refractivity contribution in [1.82, 2.24) is 10.1 Å². The minimum atomic E-state index is -0.104. The van der Waals surface area contributed by atoms with Gasteiger partial charge in [-0.15, -0.1) is 0 Å². The van der Waals surface area contributed by atoms with E-state index in [9.17, 15) is 0 Å².